The third-order valence-electron chi connectivity index (χ3n) is 17.1. The first-order valence-corrected chi connectivity index (χ1v) is 27.5. The van der Waals surface area contributed by atoms with Crippen LogP contribution in [0.4, 0.5) is 34.1 Å². The topological polar surface area (TPSA) is 6.48 Å². The molecule has 74 heavy (non-hydrogen) atoms. The number of anilines is 6. The van der Waals surface area contributed by atoms with Crippen LogP contribution in [0.1, 0.15) is 115 Å². The second-order valence-electron chi connectivity index (χ2n) is 21.3. The largest absolute Gasteiger partial charge is 0.311 e. The fraction of sp³-hybridized carbons (Fsp3) is 0.194. The van der Waals surface area contributed by atoms with Crippen LogP contribution in [0.2, 0.25) is 0 Å². The van der Waals surface area contributed by atoms with Crippen LogP contribution in [-0.2, 0) is 5.41 Å². The summed E-state index contributed by atoms with van der Waals surface area (Å²) in [4.78, 5) is 5.00. The van der Waals surface area contributed by atoms with Gasteiger partial charge in [0.1, 0.15) is 0 Å². The summed E-state index contributed by atoms with van der Waals surface area (Å²) in [5.41, 5.74) is 20.7. The van der Waals surface area contributed by atoms with Gasteiger partial charge in [0.05, 0.1) is 11.1 Å². The molecule has 3 aliphatic rings. The van der Waals surface area contributed by atoms with Crippen molar-refractivity contribution in [1.29, 1.82) is 0 Å². The van der Waals surface area contributed by atoms with Crippen molar-refractivity contribution in [2.75, 3.05) is 9.80 Å². The summed E-state index contributed by atoms with van der Waals surface area (Å²) in [7, 11) is 0. The van der Waals surface area contributed by atoms with Crippen LogP contribution >= 0.6 is 0 Å². The number of hydrogen-bond acceptors (Lipinski definition) is 2. The average Bonchev–Trinajstić information content (AvgIpc) is 3.80. The zero-order chi connectivity index (χ0) is 49.4. The van der Waals surface area contributed by atoms with E-state index in [1.807, 2.05) is 0 Å². The van der Waals surface area contributed by atoms with Crippen molar-refractivity contribution in [3.63, 3.8) is 0 Å². The Kier molecular flexibility index (Phi) is 12.3. The molecular formula is C72H64N2. The van der Waals surface area contributed by atoms with Gasteiger partial charge in [0.15, 0.2) is 0 Å². The summed E-state index contributed by atoms with van der Waals surface area (Å²) < 4.78 is 0. The molecule has 0 spiro atoms. The predicted octanol–water partition coefficient (Wildman–Crippen LogP) is 20.2. The smallest absolute Gasteiger partial charge is 0.0714 e. The lowest BCUT2D eigenvalue weighted by atomic mass is 9.67. The highest BCUT2D eigenvalue weighted by atomic mass is 15.2. The van der Waals surface area contributed by atoms with Gasteiger partial charge in [-0.2, -0.15) is 0 Å². The first kappa shape index (κ1) is 45.9. The van der Waals surface area contributed by atoms with Crippen LogP contribution in [0.5, 0.6) is 0 Å². The standard InChI is InChI=1S/C72H64N2/c1-51-20-19-33-67-70(51)66-48-47-64(50-68(66)72(67,58-28-13-5-14-29-58)59-30-15-6-16-31-59)74(69-49-38-56-25-17-18-32-65(56)71(69)57-26-11-4-12-27-57)63-45-43-62(44-46-63)73(60-39-34-54(35-40-60)52-21-7-2-8-22-52)61-41-36-55(37-42-61)53-23-9-3-10-24-53/h4-6,11-20,25-50,52-53H,2-3,7-10,21-24H2,1H3. The van der Waals surface area contributed by atoms with Crippen LogP contribution in [0.25, 0.3) is 33.0 Å². The molecule has 10 aromatic rings. The molecule has 10 aromatic carbocycles. The molecule has 13 rings (SSSR count). The van der Waals surface area contributed by atoms with Crippen molar-refractivity contribution in [3.8, 4) is 22.3 Å². The maximum atomic E-state index is 2.53. The molecule has 0 radical (unpaired) electrons. The van der Waals surface area contributed by atoms with Gasteiger partial charge in [0, 0.05) is 34.0 Å². The molecule has 0 unspecified atom stereocenters. The minimum absolute atomic E-state index is 0.546. The molecule has 0 atom stereocenters. The summed E-state index contributed by atoms with van der Waals surface area (Å²) in [6.07, 6.45) is 13.2. The Balaban J connectivity index is 1.00. The van der Waals surface area contributed by atoms with Gasteiger partial charge >= 0.3 is 0 Å². The maximum absolute atomic E-state index is 2.53. The van der Waals surface area contributed by atoms with Gasteiger partial charge in [0.25, 0.3) is 0 Å². The molecule has 0 bridgehead atoms. The summed E-state index contributed by atoms with van der Waals surface area (Å²) >= 11 is 0. The van der Waals surface area contributed by atoms with E-state index in [4.69, 9.17) is 0 Å². The Labute approximate surface area is 438 Å². The van der Waals surface area contributed by atoms with Crippen LogP contribution in [-0.4, -0.2) is 0 Å². The number of nitrogens with zero attached hydrogens (tertiary/aromatic N) is 2. The Bertz CT molecular complexity index is 3450. The lowest BCUT2D eigenvalue weighted by Gasteiger charge is -2.35. The van der Waals surface area contributed by atoms with E-state index in [1.165, 1.54) is 148 Å². The Morgan fingerprint density at radius 2 is 0.851 bits per heavy atom. The van der Waals surface area contributed by atoms with Crippen molar-refractivity contribution in [2.24, 2.45) is 0 Å². The molecule has 2 saturated carbocycles. The van der Waals surface area contributed by atoms with Crippen LogP contribution in [0.15, 0.2) is 237 Å². The number of benzene rings is 10. The highest BCUT2D eigenvalue weighted by Crippen LogP contribution is 2.58. The van der Waals surface area contributed by atoms with Gasteiger partial charge in [0.2, 0.25) is 0 Å². The van der Waals surface area contributed by atoms with E-state index < -0.39 is 5.41 Å². The summed E-state index contributed by atoms with van der Waals surface area (Å²) in [5, 5.41) is 2.45. The quantitative estimate of drug-likeness (QED) is 0.127. The number of aryl methyl sites for hydroxylation is 1. The van der Waals surface area contributed by atoms with E-state index in [2.05, 4.69) is 253 Å². The van der Waals surface area contributed by atoms with Crippen LogP contribution in [0.3, 0.4) is 0 Å². The molecule has 2 fully saturated rings. The number of hydrogen-bond donors (Lipinski definition) is 0. The molecular weight excluding hydrogens is 893 g/mol. The van der Waals surface area contributed by atoms with Gasteiger partial charge in [-0.3, -0.25) is 0 Å². The number of rotatable bonds is 11. The van der Waals surface area contributed by atoms with E-state index in [9.17, 15) is 0 Å². The normalized spacial score (nSPS) is 15.4. The monoisotopic (exact) mass is 957 g/mol. The predicted molar refractivity (Wildman–Crippen MR) is 312 cm³/mol. The fourth-order valence-corrected chi connectivity index (χ4v) is 13.5. The van der Waals surface area contributed by atoms with Crippen LogP contribution < -0.4 is 9.80 Å². The number of fused-ring (bicyclic) bond motifs is 4. The van der Waals surface area contributed by atoms with Crippen molar-refractivity contribution < 1.29 is 0 Å². The van der Waals surface area contributed by atoms with Crippen LogP contribution in [0, 0.1) is 6.92 Å². The summed E-state index contributed by atoms with van der Waals surface area (Å²) in [6, 6.07) is 89.6. The third kappa shape index (κ3) is 8.13. The van der Waals surface area contributed by atoms with E-state index in [0.29, 0.717) is 11.8 Å². The second-order valence-corrected chi connectivity index (χ2v) is 21.3. The third-order valence-corrected chi connectivity index (χ3v) is 17.1. The highest BCUT2D eigenvalue weighted by Gasteiger charge is 2.47. The van der Waals surface area contributed by atoms with Crippen molar-refractivity contribution in [1.82, 2.24) is 0 Å². The molecule has 2 heteroatoms. The zero-order valence-electron chi connectivity index (χ0n) is 42.6. The second kappa shape index (κ2) is 19.8. The molecule has 0 amide bonds. The van der Waals surface area contributed by atoms with Gasteiger partial charge in [-0.15, -0.1) is 0 Å². The fourth-order valence-electron chi connectivity index (χ4n) is 13.5. The maximum Gasteiger partial charge on any atom is 0.0714 e. The Morgan fingerprint density at radius 1 is 0.365 bits per heavy atom. The van der Waals surface area contributed by atoms with E-state index in [-0.39, 0.29) is 0 Å². The summed E-state index contributed by atoms with van der Waals surface area (Å²) in [5.74, 6) is 1.32. The van der Waals surface area contributed by atoms with Crippen molar-refractivity contribution in [3.05, 3.63) is 276 Å². The average molecular weight is 957 g/mol. The lowest BCUT2D eigenvalue weighted by molar-refractivity contribution is 0.443. The minimum atomic E-state index is -0.546. The van der Waals surface area contributed by atoms with Gasteiger partial charge < -0.3 is 9.80 Å². The molecule has 0 aliphatic heterocycles. The first-order chi connectivity index (χ1) is 36.6. The Morgan fingerprint density at radius 3 is 1.42 bits per heavy atom. The Hall–Kier alpha value is -7.94. The molecule has 3 aliphatic carbocycles. The van der Waals surface area contributed by atoms with E-state index in [0.717, 1.165) is 22.7 Å². The minimum Gasteiger partial charge on any atom is -0.311 e. The molecule has 0 saturated heterocycles. The lowest BCUT2D eigenvalue weighted by Crippen LogP contribution is -2.28. The SMILES string of the molecule is Cc1cccc2c1-c1ccc(N(c3ccc(N(c4ccc(C5CCCCC5)cc4)c4ccc(C5CCCCC5)cc4)cc3)c3ccc4ccccc4c3-c3ccccc3)cc1C2(c1ccccc1)c1ccccc1. The van der Waals surface area contributed by atoms with Gasteiger partial charge in [-0.05, 0) is 178 Å². The molecule has 0 aromatic heterocycles. The van der Waals surface area contributed by atoms with E-state index >= 15 is 0 Å². The van der Waals surface area contributed by atoms with Crippen molar-refractivity contribution >= 4 is 44.9 Å². The molecule has 0 N–H and O–H groups in total. The summed E-state index contributed by atoms with van der Waals surface area (Å²) in [6.45, 7) is 2.28. The molecule has 2 nitrogen and oxygen atoms in total. The molecule has 362 valence electrons. The van der Waals surface area contributed by atoms with Gasteiger partial charge in [-0.1, -0.05) is 208 Å². The van der Waals surface area contributed by atoms with Gasteiger partial charge in [-0.25, -0.2) is 0 Å². The first-order valence-electron chi connectivity index (χ1n) is 27.5. The van der Waals surface area contributed by atoms with Crippen molar-refractivity contribution in [2.45, 2.75) is 88.4 Å². The van der Waals surface area contributed by atoms with E-state index in [1.54, 1.807) is 0 Å². The zero-order valence-corrected chi connectivity index (χ0v) is 42.6. The molecule has 0 heterocycles. The highest BCUT2D eigenvalue weighted by molar-refractivity contribution is 6.05.